The van der Waals surface area contributed by atoms with E-state index in [1.165, 1.54) is 57.8 Å². The Bertz CT molecular complexity index is 133. The number of nitrogens with one attached hydrogen (secondary N) is 1. The molecule has 0 aromatic heterocycles. The summed E-state index contributed by atoms with van der Waals surface area (Å²) in [6, 6.07) is 1.70. The molecule has 2 atom stereocenters. The molecule has 0 radical (unpaired) electrons. The zero-order valence-corrected chi connectivity index (χ0v) is 10.0. The Balaban J connectivity index is 2.02. The monoisotopic (exact) mass is 197 g/mol. The smallest absolute Gasteiger partial charge is 0.00702 e. The lowest BCUT2D eigenvalue weighted by atomic mass is 10.1. The fourth-order valence-corrected chi connectivity index (χ4v) is 2.45. The van der Waals surface area contributed by atoms with Crippen molar-refractivity contribution in [2.75, 3.05) is 0 Å². The molecule has 0 unspecified atom stereocenters. The Hall–Kier alpha value is -0.0400. The third-order valence-corrected chi connectivity index (χ3v) is 3.40. The molecule has 1 rings (SSSR count). The van der Waals surface area contributed by atoms with E-state index in [0.29, 0.717) is 0 Å². The van der Waals surface area contributed by atoms with Crippen molar-refractivity contribution in [1.29, 1.82) is 0 Å². The van der Waals surface area contributed by atoms with Gasteiger partial charge < -0.3 is 5.32 Å². The average molecular weight is 197 g/mol. The van der Waals surface area contributed by atoms with Crippen molar-refractivity contribution >= 4 is 0 Å². The summed E-state index contributed by atoms with van der Waals surface area (Å²) < 4.78 is 0. The third kappa shape index (κ3) is 4.45. The lowest BCUT2D eigenvalue weighted by Gasteiger charge is -2.13. The van der Waals surface area contributed by atoms with Gasteiger partial charge in [-0.25, -0.2) is 0 Å². The Morgan fingerprint density at radius 1 is 0.857 bits per heavy atom. The van der Waals surface area contributed by atoms with Crippen molar-refractivity contribution in [3.05, 3.63) is 0 Å². The lowest BCUT2D eigenvalue weighted by Crippen LogP contribution is -2.29. The summed E-state index contributed by atoms with van der Waals surface area (Å²) in [5, 5.41) is 3.78. The van der Waals surface area contributed by atoms with Gasteiger partial charge in [0.25, 0.3) is 0 Å². The highest BCUT2D eigenvalue weighted by Crippen LogP contribution is 2.20. The number of rotatable bonds is 7. The molecule has 0 spiro atoms. The summed E-state index contributed by atoms with van der Waals surface area (Å²) in [5.74, 6) is 0. The number of hydrogen-bond donors (Lipinski definition) is 1. The molecule has 1 aliphatic heterocycles. The molecule has 0 aliphatic carbocycles. The maximum Gasteiger partial charge on any atom is 0.00702 e. The summed E-state index contributed by atoms with van der Waals surface area (Å²) in [5.41, 5.74) is 0. The highest BCUT2D eigenvalue weighted by molar-refractivity contribution is 4.82. The van der Waals surface area contributed by atoms with Crippen molar-refractivity contribution in [2.24, 2.45) is 0 Å². The van der Waals surface area contributed by atoms with Crippen molar-refractivity contribution < 1.29 is 0 Å². The number of hydrogen-bond acceptors (Lipinski definition) is 1. The Labute approximate surface area is 89.7 Å². The second-order valence-corrected chi connectivity index (χ2v) is 4.78. The van der Waals surface area contributed by atoms with Crippen LogP contribution in [0.25, 0.3) is 0 Å². The van der Waals surface area contributed by atoms with E-state index < -0.39 is 0 Å². The van der Waals surface area contributed by atoms with Gasteiger partial charge in [-0.1, -0.05) is 46.0 Å². The van der Waals surface area contributed by atoms with Gasteiger partial charge in [0.1, 0.15) is 0 Å². The highest BCUT2D eigenvalue weighted by atomic mass is 15.0. The summed E-state index contributed by atoms with van der Waals surface area (Å²) in [6.07, 6.45) is 12.6. The first-order valence-electron chi connectivity index (χ1n) is 6.62. The fraction of sp³-hybridized carbons (Fsp3) is 1.00. The van der Waals surface area contributed by atoms with Crippen LogP contribution in [0.4, 0.5) is 0 Å². The fourth-order valence-electron chi connectivity index (χ4n) is 2.45. The molecular formula is C13H27N. The molecular weight excluding hydrogens is 170 g/mol. The number of unbranched alkanes of at least 4 members (excludes halogenated alkanes) is 3. The molecule has 0 aromatic carbocycles. The SMILES string of the molecule is CCCCC[C@@H]1CC[C@@H](CCCC)N1. The van der Waals surface area contributed by atoms with Crippen LogP contribution in [0.1, 0.15) is 71.6 Å². The summed E-state index contributed by atoms with van der Waals surface area (Å²) in [6.45, 7) is 4.57. The highest BCUT2D eigenvalue weighted by Gasteiger charge is 2.21. The van der Waals surface area contributed by atoms with Gasteiger partial charge in [0.2, 0.25) is 0 Å². The van der Waals surface area contributed by atoms with Crippen molar-refractivity contribution in [3.8, 4) is 0 Å². The normalized spacial score (nSPS) is 27.0. The van der Waals surface area contributed by atoms with Crippen molar-refractivity contribution in [1.82, 2.24) is 5.32 Å². The van der Waals surface area contributed by atoms with Crippen LogP contribution in [0.15, 0.2) is 0 Å². The molecule has 1 saturated heterocycles. The quantitative estimate of drug-likeness (QED) is 0.611. The first-order valence-corrected chi connectivity index (χ1v) is 6.62. The van der Waals surface area contributed by atoms with E-state index in [-0.39, 0.29) is 0 Å². The van der Waals surface area contributed by atoms with Crippen LogP contribution < -0.4 is 5.32 Å². The second kappa shape index (κ2) is 7.28. The van der Waals surface area contributed by atoms with Crippen LogP contribution in [0, 0.1) is 0 Å². The molecule has 1 fully saturated rings. The van der Waals surface area contributed by atoms with E-state index in [9.17, 15) is 0 Å². The van der Waals surface area contributed by atoms with Crippen molar-refractivity contribution in [2.45, 2.75) is 83.7 Å². The van der Waals surface area contributed by atoms with Gasteiger partial charge in [0, 0.05) is 12.1 Å². The van der Waals surface area contributed by atoms with E-state index in [2.05, 4.69) is 19.2 Å². The van der Waals surface area contributed by atoms with Crippen LogP contribution in [-0.2, 0) is 0 Å². The average Bonchev–Trinajstić information content (AvgIpc) is 2.63. The van der Waals surface area contributed by atoms with E-state index in [1.54, 1.807) is 0 Å². The predicted molar refractivity (Wildman–Crippen MR) is 63.6 cm³/mol. The van der Waals surface area contributed by atoms with Gasteiger partial charge in [-0.2, -0.15) is 0 Å². The van der Waals surface area contributed by atoms with E-state index in [0.717, 1.165) is 12.1 Å². The second-order valence-electron chi connectivity index (χ2n) is 4.78. The summed E-state index contributed by atoms with van der Waals surface area (Å²) in [7, 11) is 0. The largest absolute Gasteiger partial charge is 0.311 e. The molecule has 0 saturated carbocycles. The molecule has 1 aliphatic rings. The van der Waals surface area contributed by atoms with Gasteiger partial charge in [0.05, 0.1) is 0 Å². The lowest BCUT2D eigenvalue weighted by molar-refractivity contribution is 0.465. The van der Waals surface area contributed by atoms with Crippen LogP contribution in [-0.4, -0.2) is 12.1 Å². The first kappa shape index (κ1) is 12.0. The zero-order valence-electron chi connectivity index (χ0n) is 10.0. The van der Waals surface area contributed by atoms with E-state index >= 15 is 0 Å². The minimum atomic E-state index is 0.849. The minimum Gasteiger partial charge on any atom is -0.311 e. The van der Waals surface area contributed by atoms with Gasteiger partial charge >= 0.3 is 0 Å². The Kier molecular flexibility index (Phi) is 6.25. The first-order chi connectivity index (χ1) is 6.86. The molecule has 1 nitrogen and oxygen atoms in total. The van der Waals surface area contributed by atoms with Crippen molar-refractivity contribution in [3.63, 3.8) is 0 Å². The predicted octanol–water partition coefficient (Wildman–Crippen LogP) is 3.88. The third-order valence-electron chi connectivity index (χ3n) is 3.40. The summed E-state index contributed by atoms with van der Waals surface area (Å²) in [4.78, 5) is 0. The topological polar surface area (TPSA) is 12.0 Å². The van der Waals surface area contributed by atoms with Crippen LogP contribution >= 0.6 is 0 Å². The molecule has 0 amide bonds. The molecule has 84 valence electrons. The standard InChI is InChI=1S/C13H27N/c1-3-5-7-9-13-11-10-12(14-13)8-6-4-2/h12-14H,3-11H2,1-2H3/t12-,13-/m1/s1. The molecule has 0 bridgehead atoms. The molecule has 0 aromatic rings. The van der Waals surface area contributed by atoms with Crippen LogP contribution in [0.5, 0.6) is 0 Å². The van der Waals surface area contributed by atoms with Gasteiger partial charge in [-0.05, 0) is 25.7 Å². The molecule has 1 heterocycles. The minimum absolute atomic E-state index is 0.849. The maximum absolute atomic E-state index is 3.78. The van der Waals surface area contributed by atoms with Gasteiger partial charge in [-0.15, -0.1) is 0 Å². The van der Waals surface area contributed by atoms with Crippen LogP contribution in [0.2, 0.25) is 0 Å². The van der Waals surface area contributed by atoms with Gasteiger partial charge in [0.15, 0.2) is 0 Å². The molecule has 14 heavy (non-hydrogen) atoms. The molecule has 1 N–H and O–H groups in total. The maximum atomic E-state index is 3.78. The zero-order chi connectivity index (χ0) is 10.2. The Morgan fingerprint density at radius 3 is 2.00 bits per heavy atom. The Morgan fingerprint density at radius 2 is 1.43 bits per heavy atom. The molecule has 1 heteroatoms. The van der Waals surface area contributed by atoms with Gasteiger partial charge in [-0.3, -0.25) is 0 Å². The summed E-state index contributed by atoms with van der Waals surface area (Å²) >= 11 is 0. The van der Waals surface area contributed by atoms with E-state index in [1.807, 2.05) is 0 Å². The van der Waals surface area contributed by atoms with E-state index in [4.69, 9.17) is 0 Å². The van der Waals surface area contributed by atoms with Crippen LogP contribution in [0.3, 0.4) is 0 Å².